The van der Waals surface area contributed by atoms with Gasteiger partial charge in [0.25, 0.3) is 0 Å². The fraction of sp³-hybridized carbons (Fsp3) is 0.562. The average molecular weight is 272 g/mol. The third-order valence-electron chi connectivity index (χ3n) is 4.11. The second kappa shape index (κ2) is 5.83. The highest BCUT2D eigenvalue weighted by molar-refractivity contribution is 5.81. The van der Waals surface area contributed by atoms with Gasteiger partial charge >= 0.3 is 0 Å². The van der Waals surface area contributed by atoms with Gasteiger partial charge in [0.05, 0.1) is 11.7 Å². The predicted octanol–water partition coefficient (Wildman–Crippen LogP) is 3.28. The highest BCUT2D eigenvalue weighted by atomic mass is 15.1. The minimum absolute atomic E-state index is 0.591. The van der Waals surface area contributed by atoms with Crippen LogP contribution in [-0.2, 0) is 0 Å². The van der Waals surface area contributed by atoms with E-state index in [1.165, 1.54) is 36.8 Å². The Morgan fingerprint density at radius 3 is 2.65 bits per heavy atom. The van der Waals surface area contributed by atoms with Crippen molar-refractivity contribution in [1.29, 1.82) is 0 Å². The van der Waals surface area contributed by atoms with Crippen molar-refractivity contribution in [3.8, 4) is 0 Å². The van der Waals surface area contributed by atoms with Gasteiger partial charge in [-0.3, -0.25) is 5.10 Å². The van der Waals surface area contributed by atoms with Crippen molar-refractivity contribution < 1.29 is 0 Å². The first kappa shape index (κ1) is 13.4. The summed E-state index contributed by atoms with van der Waals surface area (Å²) < 4.78 is 0. The van der Waals surface area contributed by atoms with E-state index in [2.05, 4.69) is 52.9 Å². The van der Waals surface area contributed by atoms with E-state index >= 15 is 0 Å². The van der Waals surface area contributed by atoms with Gasteiger partial charge in [-0.2, -0.15) is 5.10 Å². The maximum Gasteiger partial charge on any atom is 0.0651 e. The number of aromatic nitrogens is 2. The quantitative estimate of drug-likeness (QED) is 0.800. The molecule has 108 valence electrons. The molecule has 0 bridgehead atoms. The monoisotopic (exact) mass is 272 g/mol. The number of anilines is 1. The van der Waals surface area contributed by atoms with Crippen LogP contribution in [0, 0.1) is 0 Å². The Bertz CT molecular complexity index is 552. The molecule has 0 spiro atoms. The number of nitrogens with one attached hydrogen (secondary N) is 3. The predicted molar refractivity (Wildman–Crippen MR) is 84.0 cm³/mol. The van der Waals surface area contributed by atoms with E-state index in [0.29, 0.717) is 18.1 Å². The van der Waals surface area contributed by atoms with Crippen molar-refractivity contribution >= 4 is 16.6 Å². The molecule has 4 nitrogen and oxygen atoms in total. The number of aromatic amines is 1. The lowest BCUT2D eigenvalue weighted by Crippen LogP contribution is -2.40. The molecule has 1 saturated carbocycles. The third-order valence-corrected chi connectivity index (χ3v) is 4.11. The number of hydrogen-bond acceptors (Lipinski definition) is 3. The third kappa shape index (κ3) is 3.12. The van der Waals surface area contributed by atoms with Crippen LogP contribution < -0.4 is 10.6 Å². The highest BCUT2D eigenvalue weighted by Crippen LogP contribution is 2.24. The molecule has 0 radical (unpaired) electrons. The van der Waals surface area contributed by atoms with Crippen LogP contribution in [0.2, 0.25) is 0 Å². The van der Waals surface area contributed by atoms with E-state index in [0.717, 1.165) is 5.52 Å². The van der Waals surface area contributed by atoms with Gasteiger partial charge in [-0.15, -0.1) is 0 Å². The fourth-order valence-corrected chi connectivity index (χ4v) is 3.14. The summed E-state index contributed by atoms with van der Waals surface area (Å²) in [5, 5.41) is 15.5. The second-order valence-electron chi connectivity index (χ2n) is 6.19. The molecule has 1 aromatic heterocycles. The van der Waals surface area contributed by atoms with Crippen molar-refractivity contribution in [1.82, 2.24) is 15.5 Å². The molecular formula is C16H24N4. The molecule has 1 aromatic carbocycles. The van der Waals surface area contributed by atoms with E-state index < -0.39 is 0 Å². The Balaban J connectivity index is 1.56. The second-order valence-corrected chi connectivity index (χ2v) is 6.19. The summed E-state index contributed by atoms with van der Waals surface area (Å²) >= 11 is 0. The number of rotatable bonds is 4. The smallest absolute Gasteiger partial charge is 0.0651 e. The lowest BCUT2D eigenvalue weighted by Gasteiger charge is -2.31. The molecule has 3 N–H and O–H groups in total. The van der Waals surface area contributed by atoms with Gasteiger partial charge in [0.2, 0.25) is 0 Å². The van der Waals surface area contributed by atoms with Crippen molar-refractivity contribution in [2.75, 3.05) is 5.32 Å². The van der Waals surface area contributed by atoms with E-state index in [1.54, 1.807) is 0 Å². The van der Waals surface area contributed by atoms with Gasteiger partial charge in [-0.05, 0) is 43.9 Å². The maximum atomic E-state index is 4.07. The van der Waals surface area contributed by atoms with Crippen LogP contribution in [0.4, 0.5) is 5.69 Å². The fourth-order valence-electron chi connectivity index (χ4n) is 3.14. The molecule has 1 fully saturated rings. The Hall–Kier alpha value is -1.55. The largest absolute Gasteiger partial charge is 0.382 e. The van der Waals surface area contributed by atoms with Crippen LogP contribution in [0.15, 0.2) is 24.4 Å². The first-order chi connectivity index (χ1) is 9.70. The normalized spacial score (nSPS) is 23.4. The molecule has 1 aliphatic rings. The molecule has 0 amide bonds. The summed E-state index contributed by atoms with van der Waals surface area (Å²) in [5.41, 5.74) is 2.31. The Kier molecular flexibility index (Phi) is 3.92. The summed E-state index contributed by atoms with van der Waals surface area (Å²) in [6, 6.07) is 8.30. The van der Waals surface area contributed by atoms with Gasteiger partial charge in [-0.25, -0.2) is 0 Å². The molecule has 1 heterocycles. The Labute approximate surface area is 120 Å². The van der Waals surface area contributed by atoms with Crippen LogP contribution in [0.1, 0.15) is 39.5 Å². The summed E-state index contributed by atoms with van der Waals surface area (Å²) in [4.78, 5) is 0. The van der Waals surface area contributed by atoms with Crippen LogP contribution >= 0.6 is 0 Å². The van der Waals surface area contributed by atoms with Crippen LogP contribution in [0.3, 0.4) is 0 Å². The summed E-state index contributed by atoms with van der Waals surface area (Å²) in [5.74, 6) is 0. The Morgan fingerprint density at radius 1 is 1.15 bits per heavy atom. The summed E-state index contributed by atoms with van der Waals surface area (Å²) in [6.07, 6.45) is 6.90. The van der Waals surface area contributed by atoms with E-state index in [4.69, 9.17) is 0 Å². The van der Waals surface area contributed by atoms with Gasteiger partial charge in [0.15, 0.2) is 0 Å². The number of nitrogens with zero attached hydrogens (tertiary/aromatic N) is 1. The molecule has 0 aliphatic heterocycles. The standard InChI is InChI=1S/C16H24N4/c1-11(2)18-13-3-5-14(6-4-13)19-15-7-8-16-12(9-15)10-17-20-16/h7-11,13-14,18-19H,3-6H2,1-2H3,(H,17,20). The van der Waals surface area contributed by atoms with E-state index in [9.17, 15) is 0 Å². The molecule has 0 unspecified atom stereocenters. The first-order valence-electron chi connectivity index (χ1n) is 7.66. The van der Waals surface area contributed by atoms with Crippen molar-refractivity contribution in [3.63, 3.8) is 0 Å². The average Bonchev–Trinajstić information content (AvgIpc) is 2.88. The van der Waals surface area contributed by atoms with Gasteiger partial charge in [-0.1, -0.05) is 13.8 Å². The van der Waals surface area contributed by atoms with Gasteiger partial charge < -0.3 is 10.6 Å². The minimum atomic E-state index is 0.591. The van der Waals surface area contributed by atoms with Crippen LogP contribution in [0.25, 0.3) is 10.9 Å². The Morgan fingerprint density at radius 2 is 1.90 bits per heavy atom. The molecule has 4 heteroatoms. The van der Waals surface area contributed by atoms with Crippen LogP contribution in [-0.4, -0.2) is 28.3 Å². The summed E-state index contributed by atoms with van der Waals surface area (Å²) in [7, 11) is 0. The van der Waals surface area contributed by atoms with E-state index in [1.807, 2.05) is 6.20 Å². The molecule has 1 aliphatic carbocycles. The maximum absolute atomic E-state index is 4.07. The van der Waals surface area contributed by atoms with E-state index in [-0.39, 0.29) is 0 Å². The number of benzene rings is 1. The van der Waals surface area contributed by atoms with Gasteiger partial charge in [0.1, 0.15) is 0 Å². The number of fused-ring (bicyclic) bond motifs is 1. The molecule has 0 saturated heterocycles. The molecule has 2 aromatic rings. The topological polar surface area (TPSA) is 52.7 Å². The zero-order chi connectivity index (χ0) is 13.9. The lowest BCUT2D eigenvalue weighted by molar-refractivity contribution is 0.336. The number of hydrogen-bond donors (Lipinski definition) is 3. The van der Waals surface area contributed by atoms with Crippen molar-refractivity contribution in [2.24, 2.45) is 0 Å². The zero-order valence-corrected chi connectivity index (χ0v) is 12.3. The zero-order valence-electron chi connectivity index (χ0n) is 12.3. The lowest BCUT2D eigenvalue weighted by atomic mass is 9.90. The molecular weight excluding hydrogens is 248 g/mol. The summed E-state index contributed by atoms with van der Waals surface area (Å²) in [6.45, 7) is 4.45. The van der Waals surface area contributed by atoms with Crippen LogP contribution in [0.5, 0.6) is 0 Å². The number of H-pyrrole nitrogens is 1. The molecule has 3 rings (SSSR count). The highest BCUT2D eigenvalue weighted by Gasteiger charge is 2.21. The van der Waals surface area contributed by atoms with Crippen molar-refractivity contribution in [3.05, 3.63) is 24.4 Å². The molecule has 0 atom stereocenters. The van der Waals surface area contributed by atoms with Crippen molar-refractivity contribution in [2.45, 2.75) is 57.7 Å². The SMILES string of the molecule is CC(C)NC1CCC(Nc2ccc3[nH]ncc3c2)CC1. The molecule has 20 heavy (non-hydrogen) atoms. The first-order valence-corrected chi connectivity index (χ1v) is 7.66. The van der Waals surface area contributed by atoms with Gasteiger partial charge in [0, 0.05) is 29.2 Å². The minimum Gasteiger partial charge on any atom is -0.382 e.